The van der Waals surface area contributed by atoms with Gasteiger partial charge in [-0.15, -0.1) is 0 Å². The lowest BCUT2D eigenvalue weighted by Crippen LogP contribution is -2.06. The molecule has 0 saturated carbocycles. The van der Waals surface area contributed by atoms with Crippen LogP contribution in [-0.2, 0) is 0 Å². The second-order valence-corrected chi connectivity index (χ2v) is 4.51. The number of aromatic nitrogens is 1. The first kappa shape index (κ1) is 11.6. The maximum absolute atomic E-state index is 5.96. The van der Waals surface area contributed by atoms with E-state index in [1.165, 1.54) is 0 Å². The number of nitrogens with two attached hydrogens (primary N) is 1. The van der Waals surface area contributed by atoms with Crippen LogP contribution in [0.25, 0.3) is 10.8 Å². The zero-order valence-corrected chi connectivity index (χ0v) is 10.6. The molecule has 0 saturated heterocycles. The third-order valence-electron chi connectivity index (χ3n) is 3.19. The van der Waals surface area contributed by atoms with Crippen LogP contribution in [-0.4, -0.2) is 4.98 Å². The van der Waals surface area contributed by atoms with E-state index in [4.69, 9.17) is 10.2 Å². The van der Waals surface area contributed by atoms with Gasteiger partial charge in [0.05, 0.1) is 12.3 Å². The highest BCUT2D eigenvalue weighted by Gasteiger charge is 2.10. The molecule has 0 bridgehead atoms. The minimum Gasteiger partial charge on any atom is -0.467 e. The Bertz CT molecular complexity index is 692. The standard InChI is InChI=1S/C15H15N3O/c1-10(15-3-2-8-19-15)18-14-5-4-13(16)12-9-17-7-6-11(12)14/h2-10,18H,16H2,1H3. The van der Waals surface area contributed by atoms with Crippen molar-refractivity contribution in [1.82, 2.24) is 4.98 Å². The van der Waals surface area contributed by atoms with Crippen molar-refractivity contribution in [2.75, 3.05) is 11.1 Å². The van der Waals surface area contributed by atoms with Crippen molar-refractivity contribution < 1.29 is 4.42 Å². The fraction of sp³-hybridized carbons (Fsp3) is 0.133. The summed E-state index contributed by atoms with van der Waals surface area (Å²) >= 11 is 0. The molecule has 3 aromatic rings. The molecular formula is C15H15N3O. The molecule has 1 atom stereocenters. The number of rotatable bonds is 3. The minimum atomic E-state index is 0.0926. The zero-order valence-electron chi connectivity index (χ0n) is 10.6. The summed E-state index contributed by atoms with van der Waals surface area (Å²) in [4.78, 5) is 4.12. The van der Waals surface area contributed by atoms with E-state index in [-0.39, 0.29) is 6.04 Å². The molecule has 3 rings (SSSR count). The fourth-order valence-corrected chi connectivity index (χ4v) is 2.18. The lowest BCUT2D eigenvalue weighted by molar-refractivity contribution is 0.491. The highest BCUT2D eigenvalue weighted by Crippen LogP contribution is 2.30. The largest absolute Gasteiger partial charge is 0.467 e. The predicted molar refractivity (Wildman–Crippen MR) is 76.9 cm³/mol. The van der Waals surface area contributed by atoms with Gasteiger partial charge in [0.15, 0.2) is 0 Å². The monoisotopic (exact) mass is 253 g/mol. The molecule has 0 fully saturated rings. The van der Waals surface area contributed by atoms with Gasteiger partial charge in [0.1, 0.15) is 5.76 Å². The minimum absolute atomic E-state index is 0.0926. The van der Waals surface area contributed by atoms with E-state index in [2.05, 4.69) is 17.2 Å². The number of nitrogens with one attached hydrogen (secondary N) is 1. The van der Waals surface area contributed by atoms with Gasteiger partial charge in [0, 0.05) is 34.5 Å². The molecule has 0 aliphatic carbocycles. The molecule has 0 spiro atoms. The molecule has 2 heterocycles. The first-order valence-corrected chi connectivity index (χ1v) is 6.18. The summed E-state index contributed by atoms with van der Waals surface area (Å²) in [5.41, 5.74) is 7.72. The first-order valence-electron chi connectivity index (χ1n) is 6.18. The van der Waals surface area contributed by atoms with E-state index >= 15 is 0 Å². The molecule has 0 radical (unpaired) electrons. The molecule has 1 unspecified atom stereocenters. The number of hydrogen-bond acceptors (Lipinski definition) is 4. The van der Waals surface area contributed by atoms with E-state index in [1.54, 1.807) is 18.7 Å². The van der Waals surface area contributed by atoms with Gasteiger partial charge < -0.3 is 15.5 Å². The molecular weight excluding hydrogens is 238 g/mol. The first-order chi connectivity index (χ1) is 9.25. The van der Waals surface area contributed by atoms with Crippen LogP contribution in [0, 0.1) is 0 Å². The van der Waals surface area contributed by atoms with Crippen molar-refractivity contribution in [3.63, 3.8) is 0 Å². The molecule has 96 valence electrons. The van der Waals surface area contributed by atoms with Crippen LogP contribution in [0.4, 0.5) is 11.4 Å². The summed E-state index contributed by atoms with van der Waals surface area (Å²) in [5, 5.41) is 5.46. The summed E-state index contributed by atoms with van der Waals surface area (Å²) in [6.07, 6.45) is 5.23. The van der Waals surface area contributed by atoms with Gasteiger partial charge in [0.25, 0.3) is 0 Å². The quantitative estimate of drug-likeness (QED) is 0.700. The molecule has 4 heteroatoms. The lowest BCUT2D eigenvalue weighted by atomic mass is 10.1. The van der Waals surface area contributed by atoms with Crippen LogP contribution in [0.1, 0.15) is 18.7 Å². The lowest BCUT2D eigenvalue weighted by Gasteiger charge is -2.15. The number of anilines is 2. The molecule has 1 aromatic carbocycles. The van der Waals surface area contributed by atoms with Crippen LogP contribution in [0.3, 0.4) is 0 Å². The van der Waals surface area contributed by atoms with Crippen molar-refractivity contribution in [3.05, 3.63) is 54.7 Å². The third kappa shape index (κ3) is 2.12. The average Bonchev–Trinajstić information content (AvgIpc) is 2.96. The summed E-state index contributed by atoms with van der Waals surface area (Å²) in [6.45, 7) is 2.06. The van der Waals surface area contributed by atoms with E-state index in [1.807, 2.05) is 30.3 Å². The smallest absolute Gasteiger partial charge is 0.125 e. The summed E-state index contributed by atoms with van der Waals surface area (Å²) < 4.78 is 5.40. The topological polar surface area (TPSA) is 64.1 Å². The summed E-state index contributed by atoms with van der Waals surface area (Å²) in [7, 11) is 0. The van der Waals surface area contributed by atoms with Crippen LogP contribution in [0.15, 0.2) is 53.4 Å². The van der Waals surface area contributed by atoms with E-state index in [0.29, 0.717) is 0 Å². The average molecular weight is 253 g/mol. The Labute approximate surface area is 111 Å². The zero-order chi connectivity index (χ0) is 13.2. The van der Waals surface area contributed by atoms with Gasteiger partial charge in [-0.25, -0.2) is 0 Å². The molecule has 19 heavy (non-hydrogen) atoms. The highest BCUT2D eigenvalue weighted by molar-refractivity contribution is 6.00. The SMILES string of the molecule is CC(Nc1ccc(N)c2cnccc12)c1ccco1. The Morgan fingerprint density at radius 2 is 2.11 bits per heavy atom. The number of nitrogens with zero attached hydrogens (tertiary/aromatic N) is 1. The van der Waals surface area contributed by atoms with Crippen LogP contribution in [0.5, 0.6) is 0 Å². The predicted octanol–water partition coefficient (Wildman–Crippen LogP) is 3.58. The highest BCUT2D eigenvalue weighted by atomic mass is 16.3. The molecule has 0 aliphatic heterocycles. The third-order valence-corrected chi connectivity index (χ3v) is 3.19. The van der Waals surface area contributed by atoms with E-state index < -0.39 is 0 Å². The molecule has 0 aliphatic rings. The van der Waals surface area contributed by atoms with Crippen LogP contribution >= 0.6 is 0 Å². The van der Waals surface area contributed by atoms with Crippen molar-refractivity contribution in [2.45, 2.75) is 13.0 Å². The van der Waals surface area contributed by atoms with Crippen molar-refractivity contribution in [3.8, 4) is 0 Å². The Balaban J connectivity index is 2.00. The molecule has 0 amide bonds. The number of hydrogen-bond donors (Lipinski definition) is 2. The van der Waals surface area contributed by atoms with Crippen molar-refractivity contribution >= 4 is 22.1 Å². The van der Waals surface area contributed by atoms with Crippen molar-refractivity contribution in [1.29, 1.82) is 0 Å². The number of benzene rings is 1. The second kappa shape index (κ2) is 4.65. The molecule has 4 nitrogen and oxygen atoms in total. The van der Waals surface area contributed by atoms with Gasteiger partial charge in [-0.3, -0.25) is 4.98 Å². The number of pyridine rings is 1. The van der Waals surface area contributed by atoms with Crippen molar-refractivity contribution in [2.24, 2.45) is 0 Å². The number of nitrogen functional groups attached to an aromatic ring is 1. The van der Waals surface area contributed by atoms with Gasteiger partial charge >= 0.3 is 0 Å². The van der Waals surface area contributed by atoms with E-state index in [9.17, 15) is 0 Å². The number of fused-ring (bicyclic) bond motifs is 1. The Kier molecular flexibility index (Phi) is 2.83. The van der Waals surface area contributed by atoms with Crippen LogP contribution < -0.4 is 11.1 Å². The second-order valence-electron chi connectivity index (χ2n) is 4.51. The summed E-state index contributed by atoms with van der Waals surface area (Å²) in [6, 6.07) is 9.77. The van der Waals surface area contributed by atoms with Gasteiger partial charge in [-0.2, -0.15) is 0 Å². The van der Waals surface area contributed by atoms with Crippen LogP contribution in [0.2, 0.25) is 0 Å². The fourth-order valence-electron chi connectivity index (χ4n) is 2.18. The Hall–Kier alpha value is -2.49. The summed E-state index contributed by atoms with van der Waals surface area (Å²) in [5.74, 6) is 0.902. The van der Waals surface area contributed by atoms with Gasteiger partial charge in [-0.1, -0.05) is 0 Å². The molecule has 2 aromatic heterocycles. The van der Waals surface area contributed by atoms with Gasteiger partial charge in [0.2, 0.25) is 0 Å². The molecule has 3 N–H and O–H groups in total. The Morgan fingerprint density at radius 3 is 2.89 bits per heavy atom. The maximum atomic E-state index is 5.96. The van der Waals surface area contributed by atoms with E-state index in [0.717, 1.165) is 27.9 Å². The van der Waals surface area contributed by atoms with Gasteiger partial charge in [-0.05, 0) is 37.3 Å². The number of furan rings is 1. The maximum Gasteiger partial charge on any atom is 0.125 e. The Morgan fingerprint density at radius 1 is 1.21 bits per heavy atom. The normalized spacial score (nSPS) is 12.5.